The van der Waals surface area contributed by atoms with E-state index in [0.29, 0.717) is 11.5 Å². The van der Waals surface area contributed by atoms with Crippen molar-refractivity contribution >= 4 is 16.9 Å². The maximum absolute atomic E-state index is 12.0. The highest BCUT2D eigenvalue weighted by molar-refractivity contribution is 5.89. The Morgan fingerprint density at radius 1 is 1.38 bits per heavy atom. The summed E-state index contributed by atoms with van der Waals surface area (Å²) in [7, 11) is 1.44. The number of nitrogens with one attached hydrogen (secondary N) is 1. The van der Waals surface area contributed by atoms with Gasteiger partial charge in [0.25, 0.3) is 0 Å². The molecule has 2 aliphatic heterocycles. The van der Waals surface area contributed by atoms with Crippen molar-refractivity contribution in [2.75, 3.05) is 26.7 Å². The van der Waals surface area contributed by atoms with Crippen LogP contribution in [0.2, 0.25) is 0 Å². The van der Waals surface area contributed by atoms with E-state index in [1.807, 2.05) is 0 Å². The van der Waals surface area contributed by atoms with Crippen LogP contribution in [0.1, 0.15) is 18.9 Å². The lowest BCUT2D eigenvalue weighted by Crippen LogP contribution is -2.48. The first-order valence-electron chi connectivity index (χ1n) is 9.38. The first kappa shape index (κ1) is 17.2. The van der Waals surface area contributed by atoms with Crippen LogP contribution in [-0.2, 0) is 20.7 Å². The molecule has 0 aliphatic carbocycles. The van der Waals surface area contributed by atoms with Crippen LogP contribution < -0.4 is 0 Å². The van der Waals surface area contributed by atoms with E-state index in [1.165, 1.54) is 23.6 Å². The van der Waals surface area contributed by atoms with Crippen molar-refractivity contribution < 1.29 is 14.3 Å². The SMILES string of the molecule is COC(=O)C1=CO[C@@H](C)[C@H]2CN(CCc3c[nH]c4ccccc34)CC[C@H]12. The summed E-state index contributed by atoms with van der Waals surface area (Å²) in [4.78, 5) is 17.9. The Bertz CT molecular complexity index is 826. The number of fused-ring (bicyclic) bond motifs is 2. The zero-order valence-corrected chi connectivity index (χ0v) is 15.4. The van der Waals surface area contributed by atoms with E-state index in [-0.39, 0.29) is 18.0 Å². The summed E-state index contributed by atoms with van der Waals surface area (Å²) >= 11 is 0. The van der Waals surface area contributed by atoms with Crippen molar-refractivity contribution in [3.05, 3.63) is 47.9 Å². The number of hydrogen-bond acceptors (Lipinski definition) is 4. The average molecular weight is 354 g/mol. The number of carbonyl (C=O) groups excluding carboxylic acids is 1. The van der Waals surface area contributed by atoms with Crippen LogP contribution in [0.3, 0.4) is 0 Å². The highest BCUT2D eigenvalue weighted by atomic mass is 16.5. The molecule has 26 heavy (non-hydrogen) atoms. The third kappa shape index (κ3) is 3.12. The van der Waals surface area contributed by atoms with Crippen LogP contribution in [0.15, 0.2) is 42.3 Å². The quantitative estimate of drug-likeness (QED) is 0.857. The Balaban J connectivity index is 1.42. The lowest BCUT2D eigenvalue weighted by atomic mass is 9.76. The Labute approximate surface area is 154 Å². The molecule has 0 amide bonds. The fourth-order valence-electron chi connectivity index (χ4n) is 4.42. The number of esters is 1. The van der Waals surface area contributed by atoms with Gasteiger partial charge < -0.3 is 19.4 Å². The number of hydrogen-bond donors (Lipinski definition) is 1. The lowest BCUT2D eigenvalue weighted by molar-refractivity contribution is -0.138. The predicted octanol–water partition coefficient (Wildman–Crippen LogP) is 3.12. The van der Waals surface area contributed by atoms with Crippen molar-refractivity contribution in [3.8, 4) is 0 Å². The molecule has 0 bridgehead atoms. The molecule has 0 saturated carbocycles. The Morgan fingerprint density at radius 2 is 2.23 bits per heavy atom. The van der Waals surface area contributed by atoms with E-state index in [2.05, 4.69) is 47.3 Å². The average Bonchev–Trinajstić information content (AvgIpc) is 3.09. The molecule has 3 heterocycles. The smallest absolute Gasteiger partial charge is 0.337 e. The number of rotatable bonds is 4. The predicted molar refractivity (Wildman–Crippen MR) is 101 cm³/mol. The largest absolute Gasteiger partial charge is 0.497 e. The van der Waals surface area contributed by atoms with Gasteiger partial charge in [0.15, 0.2) is 0 Å². The summed E-state index contributed by atoms with van der Waals surface area (Å²) in [6.07, 6.45) is 5.88. The number of aromatic amines is 1. The lowest BCUT2D eigenvalue weighted by Gasteiger charge is -2.43. The minimum absolute atomic E-state index is 0.129. The molecule has 1 aromatic heterocycles. The van der Waals surface area contributed by atoms with Gasteiger partial charge in [0.1, 0.15) is 0 Å². The summed E-state index contributed by atoms with van der Waals surface area (Å²) in [5.41, 5.74) is 3.26. The molecule has 5 nitrogen and oxygen atoms in total. The van der Waals surface area contributed by atoms with E-state index in [9.17, 15) is 4.79 Å². The highest BCUT2D eigenvalue weighted by Gasteiger charge is 2.41. The van der Waals surface area contributed by atoms with Crippen LogP contribution in [-0.4, -0.2) is 48.7 Å². The molecule has 1 aromatic carbocycles. The van der Waals surface area contributed by atoms with Crippen molar-refractivity contribution in [1.29, 1.82) is 0 Å². The molecule has 5 heteroatoms. The fourth-order valence-corrected chi connectivity index (χ4v) is 4.42. The van der Waals surface area contributed by atoms with Gasteiger partial charge in [0.05, 0.1) is 25.0 Å². The molecular weight excluding hydrogens is 328 g/mol. The highest BCUT2D eigenvalue weighted by Crippen LogP contribution is 2.37. The second-order valence-corrected chi connectivity index (χ2v) is 7.38. The first-order chi connectivity index (χ1) is 12.7. The first-order valence-corrected chi connectivity index (χ1v) is 9.38. The van der Waals surface area contributed by atoms with Crippen molar-refractivity contribution in [3.63, 3.8) is 0 Å². The molecule has 4 rings (SSSR count). The summed E-state index contributed by atoms with van der Waals surface area (Å²) in [5.74, 6) is 0.334. The maximum atomic E-state index is 12.0. The minimum atomic E-state index is -0.251. The Kier molecular flexibility index (Phi) is 4.72. The van der Waals surface area contributed by atoms with Crippen LogP contribution in [0.4, 0.5) is 0 Å². The standard InChI is InChI=1S/C21H26N2O3/c1-14-18-12-23(10-8-17(18)19(13-26-14)21(24)25-2)9-7-15-11-22-20-6-4-3-5-16(15)20/h3-6,11,13-14,17-18,22H,7-10,12H2,1-2H3/t14-,17-,18+/m0/s1. The number of likely N-dealkylation sites (tertiary alicyclic amines) is 1. The maximum Gasteiger partial charge on any atom is 0.337 e. The summed E-state index contributed by atoms with van der Waals surface area (Å²) in [6, 6.07) is 8.45. The number of para-hydroxylation sites is 1. The van der Waals surface area contributed by atoms with Crippen molar-refractivity contribution in [2.24, 2.45) is 11.8 Å². The third-order valence-electron chi connectivity index (χ3n) is 5.95. The van der Waals surface area contributed by atoms with E-state index in [1.54, 1.807) is 6.26 Å². The van der Waals surface area contributed by atoms with Crippen LogP contribution in [0, 0.1) is 11.8 Å². The zero-order valence-electron chi connectivity index (χ0n) is 15.4. The van der Waals surface area contributed by atoms with Gasteiger partial charge in [0.2, 0.25) is 0 Å². The topological polar surface area (TPSA) is 54.6 Å². The van der Waals surface area contributed by atoms with Gasteiger partial charge in [-0.25, -0.2) is 4.79 Å². The molecule has 0 spiro atoms. The number of methoxy groups -OCH3 is 1. The molecule has 138 valence electrons. The molecule has 2 aliphatic rings. The zero-order chi connectivity index (χ0) is 18.1. The van der Waals surface area contributed by atoms with E-state index < -0.39 is 0 Å². The molecule has 0 radical (unpaired) electrons. The van der Waals surface area contributed by atoms with Crippen LogP contribution >= 0.6 is 0 Å². The number of carbonyl (C=O) groups is 1. The summed E-state index contributed by atoms with van der Waals surface area (Å²) < 4.78 is 10.7. The molecule has 1 N–H and O–H groups in total. The molecule has 1 saturated heterocycles. The number of nitrogens with zero attached hydrogens (tertiary/aromatic N) is 1. The van der Waals surface area contributed by atoms with E-state index in [0.717, 1.165) is 32.5 Å². The molecule has 3 atom stereocenters. The monoisotopic (exact) mass is 354 g/mol. The van der Waals surface area contributed by atoms with E-state index in [4.69, 9.17) is 9.47 Å². The second kappa shape index (κ2) is 7.16. The fraction of sp³-hybridized carbons (Fsp3) is 0.476. The molecule has 0 unspecified atom stereocenters. The molecular formula is C21H26N2O3. The number of H-pyrrole nitrogens is 1. The normalized spacial score (nSPS) is 26.1. The number of benzene rings is 1. The van der Waals surface area contributed by atoms with Crippen LogP contribution in [0.5, 0.6) is 0 Å². The van der Waals surface area contributed by atoms with Gasteiger partial charge >= 0.3 is 5.97 Å². The summed E-state index contributed by atoms with van der Waals surface area (Å²) in [6.45, 7) is 5.09. The Morgan fingerprint density at radius 3 is 3.08 bits per heavy atom. The Hall–Kier alpha value is -2.27. The van der Waals surface area contributed by atoms with Crippen LogP contribution in [0.25, 0.3) is 10.9 Å². The van der Waals surface area contributed by atoms with Gasteiger partial charge in [-0.2, -0.15) is 0 Å². The minimum Gasteiger partial charge on any atom is -0.497 e. The molecule has 2 aromatic rings. The van der Waals surface area contributed by atoms with Crippen molar-refractivity contribution in [1.82, 2.24) is 9.88 Å². The second-order valence-electron chi connectivity index (χ2n) is 7.38. The number of ether oxygens (including phenoxy) is 2. The number of piperidine rings is 1. The van der Waals surface area contributed by atoms with Gasteiger partial charge in [-0.3, -0.25) is 0 Å². The van der Waals surface area contributed by atoms with E-state index >= 15 is 0 Å². The molecule has 1 fully saturated rings. The van der Waals surface area contributed by atoms with Gasteiger partial charge in [0, 0.05) is 42.0 Å². The van der Waals surface area contributed by atoms with Gasteiger partial charge in [-0.1, -0.05) is 18.2 Å². The van der Waals surface area contributed by atoms with Gasteiger partial charge in [-0.05, 0) is 37.9 Å². The third-order valence-corrected chi connectivity index (χ3v) is 5.95. The van der Waals surface area contributed by atoms with Gasteiger partial charge in [-0.15, -0.1) is 0 Å². The van der Waals surface area contributed by atoms with Crippen molar-refractivity contribution in [2.45, 2.75) is 25.9 Å². The summed E-state index contributed by atoms with van der Waals surface area (Å²) in [5, 5.41) is 1.31. The number of aromatic nitrogens is 1.